The van der Waals surface area contributed by atoms with E-state index in [4.69, 9.17) is 6.11 Å². The summed E-state index contributed by atoms with van der Waals surface area (Å²) in [5, 5.41) is 9.37. The third-order valence-corrected chi connectivity index (χ3v) is 2.62. The maximum absolute atomic E-state index is 12.0. The number of rotatable bonds is 1. The van der Waals surface area contributed by atoms with Crippen molar-refractivity contribution in [2.45, 2.75) is 60.2 Å². The van der Waals surface area contributed by atoms with E-state index in [2.05, 4.69) is 0 Å². The number of carbonyl (C=O) groups is 2. The van der Waals surface area contributed by atoms with Gasteiger partial charge in [-0.3, -0.25) is 4.90 Å². The quantitative estimate of drug-likeness (QED) is 0.734. The van der Waals surface area contributed by atoms with Crippen LogP contribution in [0, 0.1) is 10.8 Å². The third-order valence-electron chi connectivity index (χ3n) is 2.62. The summed E-state index contributed by atoms with van der Waals surface area (Å²) in [5.74, 6) is -0.787. The first kappa shape index (κ1) is 13.2. The van der Waals surface area contributed by atoms with Gasteiger partial charge in [0.1, 0.15) is 6.02 Å². The summed E-state index contributed by atoms with van der Waals surface area (Å²) in [5.41, 5.74) is -0.935. The van der Waals surface area contributed by atoms with Crippen LogP contribution in [-0.2, 0) is 9.53 Å². The molecule has 0 aromatic rings. The Labute approximate surface area is 110 Å². The summed E-state index contributed by atoms with van der Waals surface area (Å²) >= 11 is 0. The van der Waals surface area contributed by atoms with Crippen molar-refractivity contribution in [1.29, 1.82) is 0 Å². The fourth-order valence-corrected chi connectivity index (χ4v) is 1.90. The summed E-state index contributed by atoms with van der Waals surface area (Å²) in [6, 6.07) is -1.87. The highest BCUT2D eigenvalue weighted by Gasteiger charge is 2.50. The second kappa shape index (κ2) is 4.44. The molecule has 0 saturated carbocycles. The number of ether oxygens (including phenoxy) is 1. The van der Waals surface area contributed by atoms with E-state index in [0.29, 0.717) is 0 Å². The first-order chi connectivity index (χ1) is 8.29. The van der Waals surface area contributed by atoms with Gasteiger partial charge in [0.15, 0.2) is 6.23 Å². The average Bonchev–Trinajstić information content (AvgIpc) is 2.34. The third kappa shape index (κ3) is 3.15. The molecule has 1 saturated heterocycles. The van der Waals surface area contributed by atoms with Crippen LogP contribution in [0.25, 0.3) is 0 Å². The molecule has 2 atom stereocenters. The minimum atomic E-state index is -1.87. The van der Waals surface area contributed by atoms with Crippen molar-refractivity contribution < 1.29 is 20.8 Å². The standard InChI is InChI=1S/C13H23NO4/c1-12(2,3)7-8-9(15)18-10(13(4,5)6)14(8)11(16)17/h8,10H,7H2,1-6H3,(H,16,17)/t8-,10+/m0/s1/i8D. The van der Waals surface area contributed by atoms with Crippen molar-refractivity contribution in [3.63, 3.8) is 0 Å². The van der Waals surface area contributed by atoms with Gasteiger partial charge >= 0.3 is 12.1 Å². The van der Waals surface area contributed by atoms with E-state index in [-0.39, 0.29) is 11.8 Å². The fourth-order valence-electron chi connectivity index (χ4n) is 1.90. The molecule has 0 radical (unpaired) electrons. The molecule has 0 bridgehead atoms. The Balaban J connectivity index is 3.23. The van der Waals surface area contributed by atoms with Crippen LogP contribution in [-0.4, -0.2) is 34.3 Å². The van der Waals surface area contributed by atoms with E-state index in [1.54, 1.807) is 20.8 Å². The predicted octanol–water partition coefficient (Wildman–Crippen LogP) is 2.70. The summed E-state index contributed by atoms with van der Waals surface area (Å²) < 4.78 is 13.5. The van der Waals surface area contributed by atoms with Gasteiger partial charge in [-0.15, -0.1) is 0 Å². The monoisotopic (exact) mass is 258 g/mol. The van der Waals surface area contributed by atoms with E-state index in [1.165, 1.54) is 0 Å². The van der Waals surface area contributed by atoms with E-state index >= 15 is 0 Å². The normalized spacial score (nSPS) is 30.1. The SMILES string of the molecule is [2H][C@]1(CC(C)(C)C)C(=O)O[C@H](C(C)(C)C)N1C(=O)O. The molecule has 0 aromatic heterocycles. The molecule has 5 heteroatoms. The zero-order chi connectivity index (χ0) is 15.2. The molecule has 0 unspecified atom stereocenters. The maximum Gasteiger partial charge on any atom is 0.410 e. The van der Waals surface area contributed by atoms with Crippen molar-refractivity contribution >= 4 is 12.1 Å². The van der Waals surface area contributed by atoms with Gasteiger partial charge in [-0.05, 0) is 11.8 Å². The van der Waals surface area contributed by atoms with Crippen LogP contribution >= 0.6 is 0 Å². The maximum atomic E-state index is 12.0. The van der Waals surface area contributed by atoms with Crippen molar-refractivity contribution in [3.8, 4) is 0 Å². The Morgan fingerprint density at radius 2 is 1.89 bits per heavy atom. The molecule has 1 rings (SSSR count). The van der Waals surface area contributed by atoms with Gasteiger partial charge in [-0.1, -0.05) is 41.5 Å². The number of cyclic esters (lactones) is 1. The minimum Gasteiger partial charge on any atom is -0.465 e. The smallest absolute Gasteiger partial charge is 0.410 e. The molecule has 5 nitrogen and oxygen atoms in total. The zero-order valence-electron chi connectivity index (χ0n) is 12.9. The first-order valence-corrected chi connectivity index (χ1v) is 6.02. The van der Waals surface area contributed by atoms with Gasteiger partial charge in [-0.25, -0.2) is 9.59 Å². The van der Waals surface area contributed by atoms with Crippen LogP contribution in [0.3, 0.4) is 0 Å². The lowest BCUT2D eigenvalue weighted by molar-refractivity contribution is -0.147. The van der Waals surface area contributed by atoms with Crippen LogP contribution in [0.4, 0.5) is 4.79 Å². The Kier molecular flexibility index (Phi) is 3.25. The number of esters is 1. The lowest BCUT2D eigenvalue weighted by Gasteiger charge is -2.33. The molecule has 0 spiro atoms. The Morgan fingerprint density at radius 1 is 1.39 bits per heavy atom. The Hall–Kier alpha value is -1.26. The highest BCUT2D eigenvalue weighted by molar-refractivity contribution is 5.84. The number of hydrogen-bond donors (Lipinski definition) is 1. The van der Waals surface area contributed by atoms with E-state index in [1.807, 2.05) is 20.8 Å². The first-order valence-electron chi connectivity index (χ1n) is 6.52. The second-order valence-electron chi connectivity index (χ2n) is 6.96. The number of nitrogens with zero attached hydrogens (tertiary/aromatic N) is 1. The molecule has 1 amide bonds. The number of carboxylic acid groups (broad SMARTS) is 1. The van der Waals surface area contributed by atoms with Gasteiger partial charge in [0.05, 0.1) is 1.37 Å². The van der Waals surface area contributed by atoms with Gasteiger partial charge in [0, 0.05) is 5.41 Å². The van der Waals surface area contributed by atoms with Crippen LogP contribution < -0.4 is 0 Å². The van der Waals surface area contributed by atoms with E-state index in [9.17, 15) is 14.7 Å². The van der Waals surface area contributed by atoms with Gasteiger partial charge < -0.3 is 9.84 Å². The van der Waals surface area contributed by atoms with E-state index in [0.717, 1.165) is 4.90 Å². The number of amides is 1. The highest BCUT2D eigenvalue weighted by Crippen LogP contribution is 2.36. The summed E-state index contributed by atoms with van der Waals surface area (Å²) in [7, 11) is 0. The predicted molar refractivity (Wildman–Crippen MR) is 67.1 cm³/mol. The molecular weight excluding hydrogens is 234 g/mol. The fraction of sp³-hybridized carbons (Fsp3) is 0.846. The van der Waals surface area contributed by atoms with Crippen LogP contribution in [0.15, 0.2) is 0 Å². The van der Waals surface area contributed by atoms with Crippen LogP contribution in [0.1, 0.15) is 49.3 Å². The van der Waals surface area contributed by atoms with Crippen LogP contribution in [0.5, 0.6) is 0 Å². The molecule has 104 valence electrons. The summed E-state index contributed by atoms with van der Waals surface area (Å²) in [4.78, 5) is 24.4. The van der Waals surface area contributed by atoms with E-state index < -0.39 is 29.7 Å². The molecule has 0 aromatic carbocycles. The molecule has 1 aliphatic rings. The zero-order valence-corrected chi connectivity index (χ0v) is 11.9. The largest absolute Gasteiger partial charge is 0.465 e. The molecule has 1 N–H and O–H groups in total. The summed E-state index contributed by atoms with van der Waals surface area (Å²) in [6.07, 6.45) is -2.14. The molecule has 0 aliphatic carbocycles. The lowest BCUT2D eigenvalue weighted by Crippen LogP contribution is -2.48. The molecule has 18 heavy (non-hydrogen) atoms. The molecular formula is C13H23NO4. The highest BCUT2D eigenvalue weighted by atomic mass is 16.6. The Bertz CT molecular complexity index is 396. The van der Waals surface area contributed by atoms with Crippen molar-refractivity contribution in [1.82, 2.24) is 4.90 Å². The summed E-state index contributed by atoms with van der Waals surface area (Å²) in [6.45, 7) is 10.9. The van der Waals surface area contributed by atoms with Crippen molar-refractivity contribution in [2.75, 3.05) is 0 Å². The molecule has 1 fully saturated rings. The lowest BCUT2D eigenvalue weighted by atomic mass is 9.87. The Morgan fingerprint density at radius 3 is 2.22 bits per heavy atom. The molecule has 1 heterocycles. The van der Waals surface area contributed by atoms with Crippen molar-refractivity contribution in [3.05, 3.63) is 0 Å². The van der Waals surface area contributed by atoms with Gasteiger partial charge in [0.25, 0.3) is 0 Å². The van der Waals surface area contributed by atoms with Crippen molar-refractivity contribution in [2.24, 2.45) is 10.8 Å². The van der Waals surface area contributed by atoms with Gasteiger partial charge in [-0.2, -0.15) is 0 Å². The number of hydrogen-bond acceptors (Lipinski definition) is 3. The van der Waals surface area contributed by atoms with Crippen LogP contribution in [0.2, 0.25) is 0 Å². The average molecular weight is 258 g/mol. The second-order valence-corrected chi connectivity index (χ2v) is 6.96. The molecule has 1 aliphatic heterocycles. The van der Waals surface area contributed by atoms with Gasteiger partial charge in [0.2, 0.25) is 0 Å². The number of carbonyl (C=O) groups excluding carboxylic acids is 1. The topological polar surface area (TPSA) is 66.8 Å². The minimum absolute atomic E-state index is 0.0950.